The van der Waals surface area contributed by atoms with Gasteiger partial charge in [0.15, 0.2) is 0 Å². The Kier molecular flexibility index (Phi) is 3.59. The molecule has 3 nitrogen and oxygen atoms in total. The second-order valence-electron chi connectivity index (χ2n) is 4.02. The van der Waals surface area contributed by atoms with E-state index < -0.39 is 0 Å². The van der Waals surface area contributed by atoms with E-state index in [0.717, 1.165) is 11.6 Å². The molecular weight excluding hydrogens is 234 g/mol. The van der Waals surface area contributed by atoms with Crippen LogP contribution in [0.25, 0.3) is 0 Å². The van der Waals surface area contributed by atoms with Gasteiger partial charge in [-0.2, -0.15) is 0 Å². The molecule has 0 bridgehead atoms. The molecule has 0 saturated heterocycles. The van der Waals surface area contributed by atoms with Gasteiger partial charge in [0, 0.05) is 26.6 Å². The number of hydrogen-bond acceptors (Lipinski definition) is 3. The number of hydrogen-bond donors (Lipinski definition) is 0. The van der Waals surface area contributed by atoms with Gasteiger partial charge in [-0.25, -0.2) is 9.97 Å². The van der Waals surface area contributed by atoms with Crippen LogP contribution >= 0.6 is 11.6 Å². The second kappa shape index (κ2) is 5.15. The highest BCUT2D eigenvalue weighted by Gasteiger charge is 2.05. The van der Waals surface area contributed by atoms with Crippen LogP contribution in [0.15, 0.2) is 36.4 Å². The summed E-state index contributed by atoms with van der Waals surface area (Å²) in [5.74, 6) is 1.57. The molecule has 0 radical (unpaired) electrons. The van der Waals surface area contributed by atoms with E-state index in [1.165, 1.54) is 5.56 Å². The summed E-state index contributed by atoms with van der Waals surface area (Å²) in [5, 5.41) is 0.481. The van der Waals surface area contributed by atoms with Crippen molar-refractivity contribution in [2.45, 2.75) is 6.42 Å². The van der Waals surface area contributed by atoms with Crippen molar-refractivity contribution in [3.63, 3.8) is 0 Å². The molecule has 0 aliphatic carbocycles. The molecule has 88 valence electrons. The highest BCUT2D eigenvalue weighted by molar-refractivity contribution is 6.29. The Labute approximate surface area is 106 Å². The van der Waals surface area contributed by atoms with Gasteiger partial charge in [0.25, 0.3) is 0 Å². The van der Waals surface area contributed by atoms with E-state index in [4.69, 9.17) is 11.6 Å². The molecule has 0 saturated carbocycles. The first-order valence-electron chi connectivity index (χ1n) is 5.40. The van der Waals surface area contributed by atoms with Crippen molar-refractivity contribution >= 4 is 17.4 Å². The van der Waals surface area contributed by atoms with Gasteiger partial charge in [-0.3, -0.25) is 0 Å². The number of nitrogens with zero attached hydrogens (tertiary/aromatic N) is 3. The minimum atomic E-state index is 0.481. The zero-order valence-electron chi connectivity index (χ0n) is 9.89. The number of rotatable bonds is 3. The van der Waals surface area contributed by atoms with Crippen molar-refractivity contribution in [2.24, 2.45) is 0 Å². The van der Waals surface area contributed by atoms with E-state index in [-0.39, 0.29) is 0 Å². The normalized spacial score (nSPS) is 10.3. The first-order valence-corrected chi connectivity index (χ1v) is 5.77. The molecule has 2 aromatic rings. The van der Waals surface area contributed by atoms with Crippen molar-refractivity contribution in [1.82, 2.24) is 9.97 Å². The molecule has 0 atom stereocenters. The molecular formula is C13H14ClN3. The SMILES string of the molecule is CN(C)c1cc(Cl)nc(Cc2ccccc2)n1. The molecule has 17 heavy (non-hydrogen) atoms. The first kappa shape index (κ1) is 11.9. The van der Waals surface area contributed by atoms with Gasteiger partial charge in [0.05, 0.1) is 0 Å². The van der Waals surface area contributed by atoms with Crippen LogP contribution in [0, 0.1) is 0 Å². The Morgan fingerprint density at radius 2 is 1.82 bits per heavy atom. The predicted molar refractivity (Wildman–Crippen MR) is 70.6 cm³/mol. The van der Waals surface area contributed by atoms with E-state index in [1.54, 1.807) is 6.07 Å². The summed E-state index contributed by atoms with van der Waals surface area (Å²) >= 11 is 5.98. The van der Waals surface area contributed by atoms with Crippen molar-refractivity contribution in [2.75, 3.05) is 19.0 Å². The van der Waals surface area contributed by atoms with Gasteiger partial charge in [0.2, 0.25) is 0 Å². The molecule has 4 heteroatoms. The average molecular weight is 248 g/mol. The van der Waals surface area contributed by atoms with Gasteiger partial charge in [-0.1, -0.05) is 41.9 Å². The number of benzene rings is 1. The predicted octanol–water partition coefficient (Wildman–Crippen LogP) is 2.79. The van der Waals surface area contributed by atoms with Gasteiger partial charge in [-0.05, 0) is 5.56 Å². The van der Waals surface area contributed by atoms with Crippen LogP contribution in [0.1, 0.15) is 11.4 Å². The van der Waals surface area contributed by atoms with Gasteiger partial charge >= 0.3 is 0 Å². The number of aromatic nitrogens is 2. The standard InChI is InChI=1S/C13H14ClN3/c1-17(2)13-9-11(14)15-12(16-13)8-10-6-4-3-5-7-10/h3-7,9H,8H2,1-2H3. The second-order valence-corrected chi connectivity index (χ2v) is 4.41. The number of anilines is 1. The molecule has 0 amide bonds. The summed E-state index contributed by atoms with van der Waals surface area (Å²) in [6.45, 7) is 0. The third-order valence-corrected chi connectivity index (χ3v) is 2.58. The fourth-order valence-corrected chi connectivity index (χ4v) is 1.73. The third-order valence-electron chi connectivity index (χ3n) is 2.39. The van der Waals surface area contributed by atoms with Crippen LogP contribution in [0.4, 0.5) is 5.82 Å². The Hall–Kier alpha value is -1.61. The smallest absolute Gasteiger partial charge is 0.136 e. The lowest BCUT2D eigenvalue weighted by atomic mass is 10.1. The number of halogens is 1. The highest BCUT2D eigenvalue weighted by Crippen LogP contribution is 2.15. The molecule has 0 fully saturated rings. The fraction of sp³-hybridized carbons (Fsp3) is 0.231. The zero-order chi connectivity index (χ0) is 12.3. The van der Waals surface area contributed by atoms with Crippen LogP contribution in [0.3, 0.4) is 0 Å². The quantitative estimate of drug-likeness (QED) is 0.781. The van der Waals surface area contributed by atoms with Crippen molar-refractivity contribution in [3.05, 3.63) is 52.9 Å². The third kappa shape index (κ3) is 3.17. The largest absolute Gasteiger partial charge is 0.363 e. The summed E-state index contributed by atoms with van der Waals surface area (Å²) < 4.78 is 0. The van der Waals surface area contributed by atoms with Crippen LogP contribution in [-0.4, -0.2) is 24.1 Å². The summed E-state index contributed by atoms with van der Waals surface area (Å²) in [7, 11) is 3.87. The summed E-state index contributed by atoms with van der Waals surface area (Å²) in [6, 6.07) is 11.9. The van der Waals surface area contributed by atoms with Crippen molar-refractivity contribution in [1.29, 1.82) is 0 Å². The minimum Gasteiger partial charge on any atom is -0.363 e. The molecule has 1 heterocycles. The van der Waals surface area contributed by atoms with E-state index >= 15 is 0 Å². The molecule has 0 unspecified atom stereocenters. The Balaban J connectivity index is 2.27. The van der Waals surface area contributed by atoms with Crippen molar-refractivity contribution < 1.29 is 0 Å². The topological polar surface area (TPSA) is 29.0 Å². The van der Waals surface area contributed by atoms with Crippen LogP contribution in [0.2, 0.25) is 5.15 Å². The Bertz CT molecular complexity index is 497. The first-order chi connectivity index (χ1) is 8.15. The zero-order valence-corrected chi connectivity index (χ0v) is 10.6. The molecule has 2 rings (SSSR count). The maximum absolute atomic E-state index is 5.98. The van der Waals surface area contributed by atoms with Crippen LogP contribution in [0.5, 0.6) is 0 Å². The van der Waals surface area contributed by atoms with E-state index in [2.05, 4.69) is 22.1 Å². The lowest BCUT2D eigenvalue weighted by Gasteiger charge is -2.12. The lowest BCUT2D eigenvalue weighted by molar-refractivity contribution is 0.938. The molecule has 0 aliphatic heterocycles. The Morgan fingerprint density at radius 3 is 2.47 bits per heavy atom. The summed E-state index contributed by atoms with van der Waals surface area (Å²) in [6.07, 6.45) is 0.697. The average Bonchev–Trinajstić information content (AvgIpc) is 2.29. The maximum atomic E-state index is 5.98. The van der Waals surface area contributed by atoms with E-state index in [1.807, 2.05) is 37.2 Å². The van der Waals surface area contributed by atoms with Crippen LogP contribution < -0.4 is 4.90 Å². The fourth-order valence-electron chi connectivity index (χ4n) is 1.54. The summed E-state index contributed by atoms with van der Waals surface area (Å²) in [4.78, 5) is 10.6. The van der Waals surface area contributed by atoms with Crippen LogP contribution in [-0.2, 0) is 6.42 Å². The lowest BCUT2D eigenvalue weighted by Crippen LogP contribution is -2.12. The molecule has 1 aromatic carbocycles. The highest BCUT2D eigenvalue weighted by atomic mass is 35.5. The molecule has 0 spiro atoms. The minimum absolute atomic E-state index is 0.481. The Morgan fingerprint density at radius 1 is 1.12 bits per heavy atom. The van der Waals surface area contributed by atoms with Crippen molar-refractivity contribution in [3.8, 4) is 0 Å². The summed E-state index contributed by atoms with van der Waals surface area (Å²) in [5.41, 5.74) is 1.18. The van der Waals surface area contributed by atoms with E-state index in [0.29, 0.717) is 11.6 Å². The van der Waals surface area contributed by atoms with E-state index in [9.17, 15) is 0 Å². The molecule has 0 aliphatic rings. The monoisotopic (exact) mass is 247 g/mol. The van der Waals surface area contributed by atoms with Gasteiger partial charge in [0.1, 0.15) is 16.8 Å². The van der Waals surface area contributed by atoms with Gasteiger partial charge < -0.3 is 4.90 Å². The van der Waals surface area contributed by atoms with Gasteiger partial charge in [-0.15, -0.1) is 0 Å². The maximum Gasteiger partial charge on any atom is 0.136 e. The molecule has 1 aromatic heterocycles. The molecule has 0 N–H and O–H groups in total.